The van der Waals surface area contributed by atoms with Gasteiger partial charge >= 0.3 is 0 Å². The van der Waals surface area contributed by atoms with Crippen LogP contribution in [0.4, 0.5) is 0 Å². The summed E-state index contributed by atoms with van der Waals surface area (Å²) in [6.45, 7) is 16.0. The van der Waals surface area contributed by atoms with Gasteiger partial charge in [0.25, 0.3) is 0 Å². The molecule has 1 aliphatic rings. The summed E-state index contributed by atoms with van der Waals surface area (Å²) in [5, 5.41) is 9.44. The SMILES string of the molecule is CN=C(NCCNC(=O)C(C)(C)C)NCC1CN(CC(C)C)CCO1. The van der Waals surface area contributed by atoms with Gasteiger partial charge in [0.05, 0.1) is 12.7 Å². The van der Waals surface area contributed by atoms with Gasteiger partial charge in [0.2, 0.25) is 5.91 Å². The second kappa shape index (κ2) is 10.6. The molecule has 1 unspecified atom stereocenters. The van der Waals surface area contributed by atoms with E-state index in [9.17, 15) is 4.79 Å². The molecule has 1 saturated heterocycles. The van der Waals surface area contributed by atoms with E-state index in [0.717, 1.165) is 38.7 Å². The van der Waals surface area contributed by atoms with Crippen molar-refractivity contribution in [3.63, 3.8) is 0 Å². The Morgan fingerprint density at radius 2 is 1.92 bits per heavy atom. The van der Waals surface area contributed by atoms with Crippen LogP contribution in [0, 0.1) is 11.3 Å². The van der Waals surface area contributed by atoms with Crippen molar-refractivity contribution in [1.82, 2.24) is 20.9 Å². The van der Waals surface area contributed by atoms with Crippen LogP contribution in [0.1, 0.15) is 34.6 Å². The number of morpholine rings is 1. The zero-order valence-corrected chi connectivity index (χ0v) is 16.8. The molecule has 0 spiro atoms. The second-order valence-electron chi connectivity index (χ2n) is 8.03. The Balaban J connectivity index is 2.24. The number of rotatable bonds is 7. The Morgan fingerprint density at radius 3 is 2.52 bits per heavy atom. The van der Waals surface area contributed by atoms with E-state index in [4.69, 9.17) is 4.74 Å². The quantitative estimate of drug-likeness (QED) is 0.355. The molecule has 0 aromatic carbocycles. The van der Waals surface area contributed by atoms with E-state index in [0.29, 0.717) is 19.0 Å². The molecule has 0 bridgehead atoms. The molecule has 1 aliphatic heterocycles. The molecular formula is C18H37N5O2. The minimum absolute atomic E-state index is 0.0538. The summed E-state index contributed by atoms with van der Waals surface area (Å²) in [5.74, 6) is 1.46. The third-order valence-corrected chi connectivity index (χ3v) is 3.95. The molecule has 1 heterocycles. The van der Waals surface area contributed by atoms with E-state index in [-0.39, 0.29) is 17.4 Å². The van der Waals surface area contributed by atoms with Crippen molar-refractivity contribution in [3.8, 4) is 0 Å². The molecule has 1 rings (SSSR count). The maximum Gasteiger partial charge on any atom is 0.225 e. The molecule has 7 nitrogen and oxygen atoms in total. The van der Waals surface area contributed by atoms with E-state index in [2.05, 4.69) is 39.7 Å². The van der Waals surface area contributed by atoms with Gasteiger partial charge in [-0.05, 0) is 5.92 Å². The van der Waals surface area contributed by atoms with Gasteiger partial charge in [0.1, 0.15) is 0 Å². The lowest BCUT2D eigenvalue weighted by Crippen LogP contribution is -2.50. The summed E-state index contributed by atoms with van der Waals surface area (Å²) in [4.78, 5) is 18.5. The highest BCUT2D eigenvalue weighted by Gasteiger charge is 2.21. The van der Waals surface area contributed by atoms with Gasteiger partial charge in [0, 0.05) is 51.7 Å². The molecule has 1 amide bonds. The Bertz CT molecular complexity index is 432. The van der Waals surface area contributed by atoms with Crippen LogP contribution in [0.2, 0.25) is 0 Å². The van der Waals surface area contributed by atoms with Crippen LogP contribution < -0.4 is 16.0 Å². The maximum absolute atomic E-state index is 11.8. The van der Waals surface area contributed by atoms with Gasteiger partial charge in [-0.1, -0.05) is 34.6 Å². The van der Waals surface area contributed by atoms with Crippen LogP contribution >= 0.6 is 0 Å². The maximum atomic E-state index is 11.8. The van der Waals surface area contributed by atoms with Crippen molar-refractivity contribution < 1.29 is 9.53 Å². The van der Waals surface area contributed by atoms with Gasteiger partial charge in [-0.25, -0.2) is 0 Å². The van der Waals surface area contributed by atoms with Gasteiger partial charge in [0.15, 0.2) is 5.96 Å². The normalized spacial score (nSPS) is 19.8. The van der Waals surface area contributed by atoms with Gasteiger partial charge in [-0.15, -0.1) is 0 Å². The van der Waals surface area contributed by atoms with Crippen LogP contribution in [0.25, 0.3) is 0 Å². The molecule has 0 aromatic rings. The Morgan fingerprint density at radius 1 is 1.24 bits per heavy atom. The third kappa shape index (κ3) is 9.07. The lowest BCUT2D eigenvalue weighted by Gasteiger charge is -2.34. The van der Waals surface area contributed by atoms with Crippen molar-refractivity contribution in [3.05, 3.63) is 0 Å². The standard InChI is InChI=1S/C18H37N5O2/c1-14(2)12-23-9-10-25-15(13-23)11-22-17(19-6)21-8-7-20-16(24)18(3,4)5/h14-15H,7-13H2,1-6H3,(H,20,24)(H2,19,21,22). The first-order valence-electron chi connectivity index (χ1n) is 9.29. The Hall–Kier alpha value is -1.34. The summed E-state index contributed by atoms with van der Waals surface area (Å²) in [5.41, 5.74) is -0.361. The van der Waals surface area contributed by atoms with E-state index < -0.39 is 0 Å². The predicted octanol–water partition coefficient (Wildman–Crippen LogP) is 0.671. The number of carbonyl (C=O) groups excluding carboxylic acids is 1. The predicted molar refractivity (Wildman–Crippen MR) is 103 cm³/mol. The lowest BCUT2D eigenvalue weighted by molar-refractivity contribution is -0.128. The largest absolute Gasteiger partial charge is 0.374 e. The molecule has 1 fully saturated rings. The average molecular weight is 356 g/mol. The summed E-state index contributed by atoms with van der Waals surface area (Å²) >= 11 is 0. The van der Waals surface area contributed by atoms with Crippen molar-refractivity contribution in [1.29, 1.82) is 0 Å². The van der Waals surface area contributed by atoms with Crippen LogP contribution in [0.3, 0.4) is 0 Å². The molecule has 146 valence electrons. The van der Waals surface area contributed by atoms with Crippen molar-refractivity contribution in [2.24, 2.45) is 16.3 Å². The summed E-state index contributed by atoms with van der Waals surface area (Å²) in [6.07, 6.45) is 0.173. The number of guanidine groups is 1. The van der Waals surface area contributed by atoms with E-state index in [1.807, 2.05) is 20.8 Å². The fourth-order valence-electron chi connectivity index (χ4n) is 2.64. The zero-order chi connectivity index (χ0) is 18.9. The van der Waals surface area contributed by atoms with Crippen LogP contribution in [0.5, 0.6) is 0 Å². The zero-order valence-electron chi connectivity index (χ0n) is 16.8. The third-order valence-electron chi connectivity index (χ3n) is 3.95. The first-order chi connectivity index (χ1) is 11.7. The molecule has 25 heavy (non-hydrogen) atoms. The fraction of sp³-hybridized carbons (Fsp3) is 0.889. The number of amides is 1. The van der Waals surface area contributed by atoms with Gasteiger partial charge < -0.3 is 20.7 Å². The van der Waals surface area contributed by atoms with E-state index >= 15 is 0 Å². The molecular weight excluding hydrogens is 318 g/mol. The van der Waals surface area contributed by atoms with Crippen LogP contribution in [-0.4, -0.2) is 75.8 Å². The number of hydrogen-bond donors (Lipinski definition) is 3. The number of carbonyl (C=O) groups is 1. The Labute approximate surface area is 153 Å². The minimum atomic E-state index is -0.361. The number of hydrogen-bond acceptors (Lipinski definition) is 4. The summed E-state index contributed by atoms with van der Waals surface area (Å²) < 4.78 is 5.84. The van der Waals surface area contributed by atoms with Gasteiger partial charge in [-0.2, -0.15) is 0 Å². The number of ether oxygens (including phenoxy) is 1. The average Bonchev–Trinajstić information content (AvgIpc) is 2.52. The highest BCUT2D eigenvalue weighted by molar-refractivity contribution is 5.81. The molecule has 0 saturated carbocycles. The lowest BCUT2D eigenvalue weighted by atomic mass is 9.96. The number of nitrogens with one attached hydrogen (secondary N) is 3. The second-order valence-corrected chi connectivity index (χ2v) is 8.03. The van der Waals surface area contributed by atoms with Crippen LogP contribution in [-0.2, 0) is 9.53 Å². The first kappa shape index (κ1) is 21.7. The molecule has 0 radical (unpaired) electrons. The number of nitrogens with zero attached hydrogens (tertiary/aromatic N) is 2. The molecule has 0 aliphatic carbocycles. The van der Waals surface area contributed by atoms with Crippen molar-refractivity contribution in [2.45, 2.75) is 40.7 Å². The molecule has 7 heteroatoms. The van der Waals surface area contributed by atoms with Crippen LogP contribution in [0.15, 0.2) is 4.99 Å². The summed E-state index contributed by atoms with van der Waals surface area (Å²) in [7, 11) is 1.75. The first-order valence-corrected chi connectivity index (χ1v) is 9.29. The highest BCUT2D eigenvalue weighted by atomic mass is 16.5. The van der Waals surface area contributed by atoms with E-state index in [1.165, 1.54) is 0 Å². The number of aliphatic imine (C=N–C) groups is 1. The summed E-state index contributed by atoms with van der Waals surface area (Å²) in [6, 6.07) is 0. The fourth-order valence-corrected chi connectivity index (χ4v) is 2.64. The van der Waals surface area contributed by atoms with Crippen molar-refractivity contribution in [2.75, 3.05) is 52.9 Å². The van der Waals surface area contributed by atoms with E-state index in [1.54, 1.807) is 7.05 Å². The highest BCUT2D eigenvalue weighted by Crippen LogP contribution is 2.11. The van der Waals surface area contributed by atoms with Crippen molar-refractivity contribution >= 4 is 11.9 Å². The smallest absolute Gasteiger partial charge is 0.225 e. The molecule has 1 atom stereocenters. The minimum Gasteiger partial charge on any atom is -0.374 e. The monoisotopic (exact) mass is 355 g/mol. The van der Waals surface area contributed by atoms with Gasteiger partial charge in [-0.3, -0.25) is 14.7 Å². The topological polar surface area (TPSA) is 78.0 Å². The molecule has 0 aromatic heterocycles. The molecule has 3 N–H and O–H groups in total. The Kier molecular flexibility index (Phi) is 9.21.